The summed E-state index contributed by atoms with van der Waals surface area (Å²) in [4.78, 5) is 0. The third kappa shape index (κ3) is 2.43. The summed E-state index contributed by atoms with van der Waals surface area (Å²) in [6.45, 7) is 3.73. The average molecular weight is 234 g/mol. The molecule has 1 atom stereocenters. The third-order valence-corrected chi connectivity index (χ3v) is 2.64. The van der Waals surface area contributed by atoms with Crippen molar-refractivity contribution in [1.82, 2.24) is 0 Å². The summed E-state index contributed by atoms with van der Waals surface area (Å²) in [5, 5.41) is 2.49. The van der Waals surface area contributed by atoms with Crippen molar-refractivity contribution in [2.75, 3.05) is 0 Å². The van der Waals surface area contributed by atoms with Crippen LogP contribution in [0.3, 0.4) is 0 Å². The molecule has 2 rings (SSSR count). The highest BCUT2D eigenvalue weighted by Gasteiger charge is 2.07. The number of rotatable bonds is 3. The number of hydrogen-bond acceptors (Lipinski definition) is 1. The second kappa shape index (κ2) is 5.69. The van der Waals surface area contributed by atoms with Crippen LogP contribution >= 0.6 is 12.4 Å². The van der Waals surface area contributed by atoms with Gasteiger partial charge in [-0.25, -0.2) is 0 Å². The van der Waals surface area contributed by atoms with Gasteiger partial charge in [0.05, 0.1) is 0 Å². The highest BCUT2D eigenvalue weighted by atomic mass is 35.5. The van der Waals surface area contributed by atoms with Crippen molar-refractivity contribution in [3.8, 4) is 0 Å². The summed E-state index contributed by atoms with van der Waals surface area (Å²) in [6.07, 6.45) is 2.68. The van der Waals surface area contributed by atoms with Crippen molar-refractivity contribution in [2.45, 2.75) is 12.5 Å². The molecule has 2 aromatic carbocycles. The molecule has 0 fully saturated rings. The van der Waals surface area contributed by atoms with Crippen LogP contribution < -0.4 is 5.73 Å². The number of fused-ring (bicyclic) bond motifs is 1. The van der Waals surface area contributed by atoms with Gasteiger partial charge in [-0.15, -0.1) is 19.0 Å². The Morgan fingerprint density at radius 3 is 2.56 bits per heavy atom. The molecule has 0 unspecified atom stereocenters. The molecular formula is C14H16ClN. The van der Waals surface area contributed by atoms with Crippen LogP contribution in [0.5, 0.6) is 0 Å². The average Bonchev–Trinajstić information content (AvgIpc) is 2.28. The first-order valence-electron chi connectivity index (χ1n) is 5.17. The second-order valence-electron chi connectivity index (χ2n) is 3.70. The fraction of sp³-hybridized carbons (Fsp3) is 0.143. The molecule has 1 nitrogen and oxygen atoms in total. The van der Waals surface area contributed by atoms with E-state index in [0.29, 0.717) is 0 Å². The Labute approximate surface area is 102 Å². The van der Waals surface area contributed by atoms with Gasteiger partial charge in [0.1, 0.15) is 0 Å². The van der Waals surface area contributed by atoms with E-state index in [0.717, 1.165) is 6.42 Å². The molecule has 84 valence electrons. The molecule has 2 N–H and O–H groups in total. The van der Waals surface area contributed by atoms with Gasteiger partial charge in [0.25, 0.3) is 0 Å². The minimum atomic E-state index is 0. The van der Waals surface area contributed by atoms with Gasteiger partial charge in [-0.3, -0.25) is 0 Å². The van der Waals surface area contributed by atoms with Crippen LogP contribution in [-0.2, 0) is 0 Å². The second-order valence-corrected chi connectivity index (χ2v) is 3.70. The predicted octanol–water partition coefficient (Wildman–Crippen LogP) is 3.84. The Hall–Kier alpha value is -1.31. The number of halogens is 1. The lowest BCUT2D eigenvalue weighted by Crippen LogP contribution is -2.09. The molecule has 16 heavy (non-hydrogen) atoms. The molecule has 0 aliphatic heterocycles. The van der Waals surface area contributed by atoms with Crippen LogP contribution in [0.25, 0.3) is 10.8 Å². The van der Waals surface area contributed by atoms with E-state index in [2.05, 4.69) is 36.9 Å². The fourth-order valence-corrected chi connectivity index (χ4v) is 1.88. The summed E-state index contributed by atoms with van der Waals surface area (Å²) >= 11 is 0. The zero-order chi connectivity index (χ0) is 10.7. The first-order chi connectivity index (χ1) is 7.33. The molecule has 2 aromatic rings. The molecule has 0 aromatic heterocycles. The van der Waals surface area contributed by atoms with Crippen LogP contribution in [0.4, 0.5) is 0 Å². The van der Waals surface area contributed by atoms with Gasteiger partial charge in [0.2, 0.25) is 0 Å². The van der Waals surface area contributed by atoms with E-state index in [-0.39, 0.29) is 18.4 Å². The van der Waals surface area contributed by atoms with E-state index in [4.69, 9.17) is 5.73 Å². The molecule has 0 aliphatic rings. The normalized spacial score (nSPS) is 11.8. The molecule has 0 spiro atoms. The molecule has 0 bridgehead atoms. The van der Waals surface area contributed by atoms with Crippen molar-refractivity contribution in [1.29, 1.82) is 0 Å². The van der Waals surface area contributed by atoms with Gasteiger partial charge in [-0.2, -0.15) is 0 Å². The van der Waals surface area contributed by atoms with E-state index < -0.39 is 0 Å². The van der Waals surface area contributed by atoms with Crippen molar-refractivity contribution in [2.24, 2.45) is 5.73 Å². The molecule has 0 amide bonds. The maximum absolute atomic E-state index is 6.10. The Bertz CT molecular complexity index is 474. The highest BCUT2D eigenvalue weighted by molar-refractivity contribution is 5.86. The minimum absolute atomic E-state index is 0. The number of nitrogens with two attached hydrogens (primary N) is 1. The lowest BCUT2D eigenvalue weighted by molar-refractivity contribution is 0.748. The lowest BCUT2D eigenvalue weighted by atomic mass is 9.97. The first-order valence-corrected chi connectivity index (χ1v) is 5.17. The number of benzene rings is 2. The van der Waals surface area contributed by atoms with Crippen molar-refractivity contribution in [3.63, 3.8) is 0 Å². The zero-order valence-electron chi connectivity index (χ0n) is 9.10. The number of hydrogen-bond donors (Lipinski definition) is 1. The van der Waals surface area contributed by atoms with Gasteiger partial charge in [-0.1, -0.05) is 48.5 Å². The summed E-state index contributed by atoms with van der Waals surface area (Å²) in [5.41, 5.74) is 7.30. The molecule has 0 radical (unpaired) electrons. The molecule has 0 saturated carbocycles. The Morgan fingerprint density at radius 2 is 1.81 bits per heavy atom. The topological polar surface area (TPSA) is 26.0 Å². The SMILES string of the molecule is C=CC[C@H](N)c1cccc2ccccc12.Cl. The van der Waals surface area contributed by atoms with Gasteiger partial charge in [-0.05, 0) is 22.8 Å². The smallest absolute Gasteiger partial charge is 0.0335 e. The van der Waals surface area contributed by atoms with Crippen molar-refractivity contribution >= 4 is 23.2 Å². The van der Waals surface area contributed by atoms with Gasteiger partial charge >= 0.3 is 0 Å². The highest BCUT2D eigenvalue weighted by Crippen LogP contribution is 2.24. The largest absolute Gasteiger partial charge is 0.324 e. The summed E-state index contributed by atoms with van der Waals surface area (Å²) in [6, 6.07) is 14.6. The monoisotopic (exact) mass is 233 g/mol. The van der Waals surface area contributed by atoms with E-state index in [1.54, 1.807) is 0 Å². The standard InChI is InChI=1S/C14H15N.ClH/c1-2-6-14(15)13-10-5-8-11-7-3-4-9-12(11)13;/h2-5,7-10,14H,1,6,15H2;1H/t14-;/m0./s1. The minimum Gasteiger partial charge on any atom is -0.324 e. The zero-order valence-corrected chi connectivity index (χ0v) is 9.91. The van der Waals surface area contributed by atoms with Crippen LogP contribution in [-0.4, -0.2) is 0 Å². The maximum Gasteiger partial charge on any atom is 0.0335 e. The molecule has 0 aliphatic carbocycles. The maximum atomic E-state index is 6.10. The van der Waals surface area contributed by atoms with Gasteiger partial charge < -0.3 is 5.73 Å². The summed E-state index contributed by atoms with van der Waals surface area (Å²) < 4.78 is 0. The van der Waals surface area contributed by atoms with Crippen LogP contribution in [0, 0.1) is 0 Å². The van der Waals surface area contributed by atoms with Gasteiger partial charge in [0.15, 0.2) is 0 Å². The molecular weight excluding hydrogens is 218 g/mol. The van der Waals surface area contributed by atoms with Crippen LogP contribution in [0.15, 0.2) is 55.1 Å². The first kappa shape index (κ1) is 12.8. The molecule has 0 saturated heterocycles. The predicted molar refractivity (Wildman–Crippen MR) is 72.9 cm³/mol. The summed E-state index contributed by atoms with van der Waals surface area (Å²) in [5.74, 6) is 0. The molecule has 0 heterocycles. The fourth-order valence-electron chi connectivity index (χ4n) is 1.88. The van der Waals surface area contributed by atoms with Crippen molar-refractivity contribution in [3.05, 3.63) is 60.7 Å². The van der Waals surface area contributed by atoms with E-state index in [1.165, 1.54) is 16.3 Å². The van der Waals surface area contributed by atoms with Crippen molar-refractivity contribution < 1.29 is 0 Å². The van der Waals surface area contributed by atoms with Gasteiger partial charge in [0, 0.05) is 6.04 Å². The lowest BCUT2D eigenvalue weighted by Gasteiger charge is -2.12. The Kier molecular flexibility index (Phi) is 4.53. The van der Waals surface area contributed by atoms with Crippen LogP contribution in [0.2, 0.25) is 0 Å². The van der Waals surface area contributed by atoms with E-state index in [9.17, 15) is 0 Å². The molecule has 2 heteroatoms. The Morgan fingerprint density at radius 1 is 1.12 bits per heavy atom. The van der Waals surface area contributed by atoms with E-state index in [1.807, 2.05) is 18.2 Å². The van der Waals surface area contributed by atoms with E-state index >= 15 is 0 Å². The summed E-state index contributed by atoms with van der Waals surface area (Å²) in [7, 11) is 0. The Balaban J connectivity index is 0.00000128. The quantitative estimate of drug-likeness (QED) is 0.801. The van der Waals surface area contributed by atoms with Crippen LogP contribution in [0.1, 0.15) is 18.0 Å². The third-order valence-electron chi connectivity index (χ3n) is 2.64.